The Morgan fingerprint density at radius 1 is 2.00 bits per heavy atom. The molecule has 8 heteroatoms. The van der Waals surface area contributed by atoms with Crippen LogP contribution in [-0.4, -0.2) is 15.6 Å². The quantitative estimate of drug-likeness (QED) is 0.331. The lowest BCUT2D eigenvalue weighted by Gasteiger charge is -2.16. The third-order valence-electron chi connectivity index (χ3n) is 0.396. The average Bonchev–Trinajstić information content (AvgIpc) is 2.41. The van der Waals surface area contributed by atoms with E-state index in [1.165, 1.54) is 0 Å². The Bertz CT molecular complexity index is 116. The zero-order chi connectivity index (χ0) is 5.98. The van der Waals surface area contributed by atoms with E-state index in [4.69, 9.17) is 0 Å². The summed E-state index contributed by atoms with van der Waals surface area (Å²) in [5.74, 6) is 4.45. The molecule has 0 aliphatic carbocycles. The second-order valence-electron chi connectivity index (χ2n) is 0.945. The average molecular weight is 122 g/mol. The van der Waals surface area contributed by atoms with Gasteiger partial charge in [-0.3, -0.25) is 5.84 Å². The fourth-order valence-corrected chi connectivity index (χ4v) is 0.135. The van der Waals surface area contributed by atoms with Crippen LogP contribution >= 0.6 is 0 Å². The standard InChI is InChI=1S/H4N5O3/c1-4(6)7-2-5-3-8-5/h2-3H,1H2/q-1. The van der Waals surface area contributed by atoms with Crippen molar-refractivity contribution in [3.63, 3.8) is 0 Å². The van der Waals surface area contributed by atoms with Gasteiger partial charge in [0.1, 0.15) is 0 Å². The summed E-state index contributed by atoms with van der Waals surface area (Å²) in [6.45, 7) is 0. The molecule has 0 spiro atoms. The Morgan fingerprint density at radius 3 is 3.00 bits per heavy atom. The van der Waals surface area contributed by atoms with Crippen molar-refractivity contribution in [2.45, 2.75) is 0 Å². The van der Waals surface area contributed by atoms with Crippen LogP contribution in [0, 0.1) is 5.21 Å². The van der Waals surface area contributed by atoms with Crippen LogP contribution < -0.4 is 11.4 Å². The Balaban J connectivity index is 1.99. The molecule has 0 aliphatic rings. The summed E-state index contributed by atoms with van der Waals surface area (Å²) in [7, 11) is 0. The third kappa shape index (κ3) is 1.66. The fraction of sp³-hybridized carbons (Fsp3) is 0. The fourth-order valence-electron chi connectivity index (χ4n) is 0.135. The maximum Gasteiger partial charge on any atom is 0.0305 e. The molecular formula is H4N5O3-. The summed E-state index contributed by atoms with van der Waals surface area (Å²) in [6.07, 6.45) is 0. The minimum atomic E-state index is -0.261. The Labute approximate surface area is 43.1 Å². The predicted octanol–water partition coefficient (Wildman–Crippen LogP) is -1.53. The molecule has 0 amide bonds. The first-order valence-electron chi connectivity index (χ1n) is 1.66. The summed E-state index contributed by atoms with van der Waals surface area (Å²) in [4.78, 5) is 4.84. The lowest BCUT2D eigenvalue weighted by atomic mass is 12.5. The topological polar surface area (TPSA) is 107 Å². The highest BCUT2D eigenvalue weighted by Crippen LogP contribution is 1.78. The zero-order valence-corrected chi connectivity index (χ0v) is 3.70. The monoisotopic (exact) mass is 122 g/mol. The van der Waals surface area contributed by atoms with Crippen LogP contribution in [0.4, 0.5) is 0 Å². The number of hydrogen-bond acceptors (Lipinski definition) is 6. The number of nitrogens with one attached hydrogen (secondary N) is 2. The minimum Gasteiger partial charge on any atom is -0.746 e. The van der Waals surface area contributed by atoms with Gasteiger partial charge in [-0.15, -0.1) is 5.59 Å². The first-order chi connectivity index (χ1) is 3.79. The molecule has 4 N–H and O–H groups in total. The molecule has 1 rings (SSSR count). The van der Waals surface area contributed by atoms with Crippen molar-refractivity contribution in [3.05, 3.63) is 5.21 Å². The Kier molecular flexibility index (Phi) is 1.22. The van der Waals surface area contributed by atoms with E-state index in [0.717, 1.165) is 4.96 Å². The van der Waals surface area contributed by atoms with Crippen molar-refractivity contribution in [1.29, 1.82) is 0 Å². The highest BCUT2D eigenvalue weighted by atomic mass is 17.0. The second kappa shape index (κ2) is 1.88. The highest BCUT2D eigenvalue weighted by molar-refractivity contribution is 4.28. The number of hydrogen-bond donors (Lipinski definition) is 3. The number of nitrogens with two attached hydrogens (primary N) is 1. The van der Waals surface area contributed by atoms with Gasteiger partial charge in [-0.1, -0.05) is 5.27 Å². The molecule has 0 unspecified atom stereocenters. The van der Waals surface area contributed by atoms with Crippen molar-refractivity contribution >= 4 is 0 Å². The summed E-state index contributed by atoms with van der Waals surface area (Å²) in [5, 5.41) is 11.6. The van der Waals surface area contributed by atoms with Gasteiger partial charge in [0.15, 0.2) is 0 Å². The summed E-state index contributed by atoms with van der Waals surface area (Å²) in [5.41, 5.74) is 1.94. The van der Waals surface area contributed by atoms with E-state index in [2.05, 4.69) is 20.7 Å². The molecule has 1 heterocycles. The van der Waals surface area contributed by atoms with E-state index < -0.39 is 0 Å². The molecule has 8 nitrogen and oxygen atoms in total. The molecule has 0 fully saturated rings. The van der Waals surface area contributed by atoms with Gasteiger partial charge in [0.25, 0.3) is 0 Å². The van der Waals surface area contributed by atoms with Gasteiger partial charge < -0.3 is 5.21 Å². The van der Waals surface area contributed by atoms with Crippen LogP contribution in [0.5, 0.6) is 0 Å². The zero-order valence-electron chi connectivity index (χ0n) is 3.70. The summed E-state index contributed by atoms with van der Waals surface area (Å²) in [6, 6.07) is 0. The molecule has 0 radical (unpaired) electrons. The Hall–Kier alpha value is -0.960. The molecule has 1 aromatic rings. The van der Waals surface area contributed by atoms with Gasteiger partial charge >= 0.3 is 0 Å². The van der Waals surface area contributed by atoms with Crippen LogP contribution in [0.2, 0.25) is 0 Å². The number of hydrazine groups is 1. The van der Waals surface area contributed by atoms with Crippen molar-refractivity contribution < 1.29 is 9.57 Å². The van der Waals surface area contributed by atoms with Crippen LogP contribution in [0.3, 0.4) is 0 Å². The first-order valence-corrected chi connectivity index (χ1v) is 1.66. The largest absolute Gasteiger partial charge is 0.746 e. The van der Waals surface area contributed by atoms with Gasteiger partial charge in [-0.2, -0.15) is 10.3 Å². The maximum absolute atomic E-state index is 9.68. The molecule has 0 saturated carbocycles. The number of H-pyrrole nitrogens is 1. The summed E-state index contributed by atoms with van der Waals surface area (Å²) < 4.78 is 4.19. The lowest BCUT2D eigenvalue weighted by molar-refractivity contribution is -0.113. The number of nitrogens with zero attached hydrogens (tertiary/aromatic N) is 2. The minimum absolute atomic E-state index is 0.261. The van der Waals surface area contributed by atoms with Crippen LogP contribution in [0.25, 0.3) is 0 Å². The van der Waals surface area contributed by atoms with Gasteiger partial charge in [0, 0.05) is 4.96 Å². The van der Waals surface area contributed by atoms with E-state index in [-0.39, 0.29) is 5.34 Å². The molecule has 0 bridgehead atoms. The maximum atomic E-state index is 9.68. The Morgan fingerprint density at radius 2 is 2.62 bits per heavy atom. The van der Waals surface area contributed by atoms with E-state index in [9.17, 15) is 5.21 Å². The van der Waals surface area contributed by atoms with Crippen LogP contribution in [0.1, 0.15) is 0 Å². The van der Waals surface area contributed by atoms with Crippen molar-refractivity contribution in [3.8, 4) is 0 Å². The molecule has 1 aromatic heterocycles. The molecule has 0 atom stereocenters. The van der Waals surface area contributed by atoms with Crippen molar-refractivity contribution in [2.24, 2.45) is 5.84 Å². The van der Waals surface area contributed by atoms with E-state index in [1.807, 2.05) is 5.59 Å². The third-order valence-corrected chi connectivity index (χ3v) is 0.396. The molecule has 0 aromatic carbocycles. The molecular weight excluding hydrogens is 118 g/mol. The van der Waals surface area contributed by atoms with Gasteiger partial charge in [0.05, 0.1) is 0 Å². The second-order valence-corrected chi connectivity index (χ2v) is 0.945. The van der Waals surface area contributed by atoms with Crippen molar-refractivity contribution in [1.82, 2.24) is 15.6 Å². The van der Waals surface area contributed by atoms with Crippen LogP contribution in [0.15, 0.2) is 4.63 Å². The molecule has 0 aliphatic heterocycles. The predicted molar refractivity (Wildman–Crippen MR) is 20.9 cm³/mol. The number of rotatable bonds is 3. The van der Waals surface area contributed by atoms with Crippen LogP contribution in [-0.2, 0) is 4.94 Å². The highest BCUT2D eigenvalue weighted by Gasteiger charge is 1.91. The lowest BCUT2D eigenvalue weighted by Crippen LogP contribution is -2.29. The van der Waals surface area contributed by atoms with Crippen molar-refractivity contribution in [2.75, 3.05) is 5.59 Å². The first kappa shape index (κ1) is 5.18. The smallest absolute Gasteiger partial charge is 0.0305 e. The molecule has 8 heavy (non-hydrogen) atoms. The van der Waals surface area contributed by atoms with Gasteiger partial charge in [-0.05, 0) is 0 Å². The number of aromatic amines is 1. The normalized spacial score (nSPS) is 10.9. The van der Waals surface area contributed by atoms with E-state index in [1.54, 1.807) is 0 Å². The summed E-state index contributed by atoms with van der Waals surface area (Å²) >= 11 is 0. The molecule has 0 saturated heterocycles. The van der Waals surface area contributed by atoms with Gasteiger partial charge in [0.2, 0.25) is 0 Å². The van der Waals surface area contributed by atoms with E-state index >= 15 is 0 Å². The molecule has 48 valence electrons. The SMILES string of the molecule is NN([O-])ONn1[nH]o1. The number of aromatic nitrogens is 2. The van der Waals surface area contributed by atoms with Gasteiger partial charge in [-0.25, -0.2) is 4.63 Å². The van der Waals surface area contributed by atoms with E-state index in [0.29, 0.717) is 0 Å².